The van der Waals surface area contributed by atoms with Gasteiger partial charge in [-0.15, -0.1) is 0 Å². The number of hydrogen-bond donors (Lipinski definition) is 3. The molecule has 0 aliphatic carbocycles. The molecule has 0 amide bonds. The summed E-state index contributed by atoms with van der Waals surface area (Å²) in [5.41, 5.74) is 2.10. The lowest BCUT2D eigenvalue weighted by Gasteiger charge is -2.26. The van der Waals surface area contributed by atoms with E-state index in [0.717, 1.165) is 11.1 Å². The van der Waals surface area contributed by atoms with E-state index in [-0.39, 0.29) is 23.0 Å². The molecule has 0 saturated carbocycles. The average Bonchev–Trinajstić information content (AvgIpc) is 2.55. The molecule has 0 aliphatic heterocycles. The first kappa shape index (κ1) is 20.0. The van der Waals surface area contributed by atoms with Crippen LogP contribution < -0.4 is 0 Å². The van der Waals surface area contributed by atoms with Crippen LogP contribution in [0.15, 0.2) is 48.5 Å². The fraction of sp³-hybridized carbons (Fsp3) is 0.333. The lowest BCUT2D eigenvalue weighted by atomic mass is 9.78. The quantitative estimate of drug-likeness (QED) is 0.604. The molecule has 0 unspecified atom stereocenters. The smallest absolute Gasteiger partial charge is 0.115 e. The standard InChI is InChI=1S/C15H16O2.C3H6Br2O/c1-15(2,11-3-7-13(16)8-4-11)12-5-9-14(17)10-6-12;4-1-3(6)2-5/h3-10,16-17H,1-2H3;3,6H,1-2H2. The van der Waals surface area contributed by atoms with Crippen molar-refractivity contribution in [2.45, 2.75) is 25.4 Å². The Morgan fingerprint density at radius 1 is 0.783 bits per heavy atom. The largest absolute Gasteiger partial charge is 0.508 e. The van der Waals surface area contributed by atoms with E-state index in [4.69, 9.17) is 5.11 Å². The lowest BCUT2D eigenvalue weighted by Crippen LogP contribution is -2.18. The highest BCUT2D eigenvalue weighted by molar-refractivity contribution is 9.09. The molecule has 3 N–H and O–H groups in total. The zero-order valence-electron chi connectivity index (χ0n) is 13.2. The van der Waals surface area contributed by atoms with E-state index in [0.29, 0.717) is 10.7 Å². The number of phenolic OH excluding ortho intramolecular Hbond substituents is 2. The molecule has 0 bridgehead atoms. The topological polar surface area (TPSA) is 60.7 Å². The Hall–Kier alpha value is -1.04. The third kappa shape index (κ3) is 6.16. The second-order valence-electron chi connectivity index (χ2n) is 5.68. The van der Waals surface area contributed by atoms with Gasteiger partial charge in [0, 0.05) is 16.1 Å². The molecule has 0 heterocycles. The van der Waals surface area contributed by atoms with Gasteiger partial charge in [-0.1, -0.05) is 70.0 Å². The minimum Gasteiger partial charge on any atom is -0.508 e. The summed E-state index contributed by atoms with van der Waals surface area (Å²) in [5.74, 6) is 0.547. The summed E-state index contributed by atoms with van der Waals surface area (Å²) in [4.78, 5) is 0. The van der Waals surface area contributed by atoms with E-state index in [2.05, 4.69) is 45.7 Å². The van der Waals surface area contributed by atoms with Gasteiger partial charge in [-0.05, 0) is 35.4 Å². The van der Waals surface area contributed by atoms with Crippen LogP contribution in [0.1, 0.15) is 25.0 Å². The molecule has 0 radical (unpaired) electrons. The first-order valence-electron chi connectivity index (χ1n) is 7.20. The van der Waals surface area contributed by atoms with Crippen LogP contribution in [0.2, 0.25) is 0 Å². The number of rotatable bonds is 4. The molecule has 2 aromatic carbocycles. The van der Waals surface area contributed by atoms with E-state index >= 15 is 0 Å². The van der Waals surface area contributed by atoms with E-state index in [1.807, 2.05) is 24.3 Å². The summed E-state index contributed by atoms with van der Waals surface area (Å²) >= 11 is 6.19. The van der Waals surface area contributed by atoms with Crippen LogP contribution in [0.4, 0.5) is 0 Å². The van der Waals surface area contributed by atoms with Gasteiger partial charge in [0.1, 0.15) is 11.5 Å². The Morgan fingerprint density at radius 2 is 1.09 bits per heavy atom. The second kappa shape index (κ2) is 9.30. The SMILES string of the molecule is CC(C)(c1ccc(O)cc1)c1ccc(O)cc1.OC(CBr)CBr. The van der Waals surface area contributed by atoms with Crippen molar-refractivity contribution in [3.63, 3.8) is 0 Å². The number of aliphatic hydroxyl groups is 1. The maximum atomic E-state index is 9.30. The van der Waals surface area contributed by atoms with Gasteiger partial charge >= 0.3 is 0 Å². The van der Waals surface area contributed by atoms with Gasteiger partial charge in [0.25, 0.3) is 0 Å². The number of benzene rings is 2. The molecule has 126 valence electrons. The third-order valence-corrected chi connectivity index (χ3v) is 5.03. The first-order chi connectivity index (χ1) is 10.8. The minimum atomic E-state index is -0.231. The van der Waals surface area contributed by atoms with Gasteiger partial charge in [0.2, 0.25) is 0 Å². The maximum absolute atomic E-state index is 9.30. The van der Waals surface area contributed by atoms with Gasteiger partial charge in [-0.25, -0.2) is 0 Å². The predicted octanol–water partition coefficient (Wildman–Crippen LogP) is 4.56. The molecule has 2 aromatic rings. The highest BCUT2D eigenvalue weighted by atomic mass is 79.9. The number of hydrogen-bond acceptors (Lipinski definition) is 3. The molecule has 0 fully saturated rings. The Labute approximate surface area is 154 Å². The van der Waals surface area contributed by atoms with E-state index in [9.17, 15) is 10.2 Å². The molecule has 0 saturated heterocycles. The number of halogens is 2. The normalized spacial score (nSPS) is 11.0. The molecule has 0 aromatic heterocycles. The van der Waals surface area contributed by atoms with E-state index < -0.39 is 0 Å². The number of phenols is 2. The van der Waals surface area contributed by atoms with Crippen molar-refractivity contribution in [3.05, 3.63) is 59.7 Å². The van der Waals surface area contributed by atoms with E-state index in [1.165, 1.54) is 0 Å². The summed E-state index contributed by atoms with van der Waals surface area (Å²) in [7, 11) is 0. The van der Waals surface area contributed by atoms with Crippen LogP contribution in [0.25, 0.3) is 0 Å². The van der Waals surface area contributed by atoms with Gasteiger partial charge in [-0.3, -0.25) is 0 Å². The van der Waals surface area contributed by atoms with Crippen LogP contribution in [0, 0.1) is 0 Å². The second-order valence-corrected chi connectivity index (χ2v) is 6.98. The van der Waals surface area contributed by atoms with Crippen LogP contribution in [0.3, 0.4) is 0 Å². The Morgan fingerprint density at radius 3 is 1.30 bits per heavy atom. The predicted molar refractivity (Wildman–Crippen MR) is 102 cm³/mol. The monoisotopic (exact) mass is 444 g/mol. The van der Waals surface area contributed by atoms with Crippen molar-refractivity contribution in [3.8, 4) is 11.5 Å². The molecule has 2 rings (SSSR count). The summed E-state index contributed by atoms with van der Waals surface area (Å²) in [6.07, 6.45) is -0.231. The van der Waals surface area contributed by atoms with Crippen molar-refractivity contribution in [1.29, 1.82) is 0 Å². The zero-order valence-corrected chi connectivity index (χ0v) is 16.4. The lowest BCUT2D eigenvalue weighted by molar-refractivity contribution is 0.227. The van der Waals surface area contributed by atoms with Crippen molar-refractivity contribution in [2.24, 2.45) is 0 Å². The van der Waals surface area contributed by atoms with Gasteiger partial charge in [0.15, 0.2) is 0 Å². The van der Waals surface area contributed by atoms with Gasteiger partial charge in [-0.2, -0.15) is 0 Å². The van der Waals surface area contributed by atoms with Crippen molar-refractivity contribution < 1.29 is 15.3 Å². The number of alkyl halides is 2. The highest BCUT2D eigenvalue weighted by Gasteiger charge is 2.22. The molecular weight excluding hydrogens is 424 g/mol. The summed E-state index contributed by atoms with van der Waals surface area (Å²) in [5, 5.41) is 28.5. The fourth-order valence-electron chi connectivity index (χ4n) is 1.96. The summed E-state index contributed by atoms with van der Waals surface area (Å²) in [6, 6.07) is 14.4. The van der Waals surface area contributed by atoms with Crippen LogP contribution in [0.5, 0.6) is 11.5 Å². The molecule has 0 spiro atoms. The van der Waals surface area contributed by atoms with Crippen molar-refractivity contribution >= 4 is 31.9 Å². The average molecular weight is 446 g/mol. The number of aromatic hydroxyl groups is 2. The van der Waals surface area contributed by atoms with Gasteiger partial charge in [0.05, 0.1) is 6.10 Å². The third-order valence-electron chi connectivity index (χ3n) is 3.53. The number of aliphatic hydroxyl groups excluding tert-OH is 1. The fourth-order valence-corrected chi connectivity index (χ4v) is 3.04. The summed E-state index contributed by atoms with van der Waals surface area (Å²) in [6.45, 7) is 4.23. The minimum absolute atomic E-state index is 0.151. The Kier molecular flexibility index (Phi) is 8.09. The van der Waals surface area contributed by atoms with Crippen LogP contribution >= 0.6 is 31.9 Å². The molecule has 0 aliphatic rings. The Balaban J connectivity index is 0.000000379. The first-order valence-corrected chi connectivity index (χ1v) is 9.44. The molecule has 3 nitrogen and oxygen atoms in total. The Bertz CT molecular complexity index is 529. The highest BCUT2D eigenvalue weighted by Crippen LogP contribution is 2.32. The molecular formula is C18H22Br2O3. The summed E-state index contributed by atoms with van der Waals surface area (Å²) < 4.78 is 0. The van der Waals surface area contributed by atoms with Crippen molar-refractivity contribution in [1.82, 2.24) is 0 Å². The van der Waals surface area contributed by atoms with Crippen molar-refractivity contribution in [2.75, 3.05) is 10.7 Å². The molecule has 23 heavy (non-hydrogen) atoms. The van der Waals surface area contributed by atoms with E-state index in [1.54, 1.807) is 24.3 Å². The zero-order chi connectivity index (χ0) is 17.5. The van der Waals surface area contributed by atoms with Gasteiger partial charge < -0.3 is 15.3 Å². The maximum Gasteiger partial charge on any atom is 0.115 e. The molecule has 0 atom stereocenters. The van der Waals surface area contributed by atoms with Crippen LogP contribution in [-0.2, 0) is 5.41 Å². The van der Waals surface area contributed by atoms with Crippen LogP contribution in [-0.4, -0.2) is 32.1 Å². The molecule has 5 heteroatoms.